The summed E-state index contributed by atoms with van der Waals surface area (Å²) in [5, 5.41) is 8.23. The number of anilines is 2. The van der Waals surface area contributed by atoms with Gasteiger partial charge in [-0.2, -0.15) is 13.8 Å². The molecule has 32 heavy (non-hydrogen) atoms. The molecule has 0 aliphatic rings. The highest BCUT2D eigenvalue weighted by Gasteiger charge is 2.09. The number of nitrogens with two attached hydrogens (primary N) is 1. The Labute approximate surface area is 183 Å². The summed E-state index contributed by atoms with van der Waals surface area (Å²) in [5.74, 6) is -1.07. The van der Waals surface area contributed by atoms with Crippen LogP contribution in [0.4, 0.5) is 24.9 Å². The molecule has 0 radical (unpaired) electrons. The van der Waals surface area contributed by atoms with E-state index in [4.69, 9.17) is 5.73 Å². The molecule has 0 saturated carbocycles. The topological polar surface area (TPSA) is 127 Å². The summed E-state index contributed by atoms with van der Waals surface area (Å²) in [6, 6.07) is 5.98. The van der Waals surface area contributed by atoms with Gasteiger partial charge in [0.25, 0.3) is 0 Å². The maximum atomic E-state index is 14.1. The van der Waals surface area contributed by atoms with Crippen LogP contribution in [-0.4, -0.2) is 41.3 Å². The molecule has 0 saturated heterocycles. The molecule has 0 aliphatic carbocycles. The summed E-state index contributed by atoms with van der Waals surface area (Å²) in [7, 11) is 0. The van der Waals surface area contributed by atoms with Crippen molar-refractivity contribution >= 4 is 23.9 Å². The van der Waals surface area contributed by atoms with Crippen LogP contribution in [0, 0.1) is 5.82 Å². The second-order valence-electron chi connectivity index (χ2n) is 6.71. The highest BCUT2D eigenvalue weighted by atomic mass is 19.3. The second-order valence-corrected chi connectivity index (χ2v) is 6.71. The van der Waals surface area contributed by atoms with E-state index in [1.807, 2.05) is 13.8 Å². The number of aromatic nitrogens is 2. The fourth-order valence-electron chi connectivity index (χ4n) is 2.41. The van der Waals surface area contributed by atoms with Crippen LogP contribution in [0.2, 0.25) is 0 Å². The fraction of sp³-hybridized carbons (Fsp3) is 0.300. The largest absolute Gasteiger partial charge is 0.435 e. The number of nitrogens with zero attached hydrogens (tertiary/aromatic N) is 3. The van der Waals surface area contributed by atoms with Gasteiger partial charge >= 0.3 is 6.61 Å². The van der Waals surface area contributed by atoms with Crippen LogP contribution < -0.4 is 26.4 Å². The van der Waals surface area contributed by atoms with E-state index < -0.39 is 12.4 Å². The number of hydrogen-bond acceptors (Lipinski definition) is 8. The number of halogens is 3. The Bertz CT molecular complexity index is 968. The lowest BCUT2D eigenvalue weighted by Gasteiger charge is -2.11. The third-order valence-electron chi connectivity index (χ3n) is 3.68. The Morgan fingerprint density at radius 2 is 2.12 bits per heavy atom. The van der Waals surface area contributed by atoms with Crippen molar-refractivity contribution in [3.05, 3.63) is 53.7 Å². The average Bonchev–Trinajstić information content (AvgIpc) is 2.72. The molecular weight excluding hydrogens is 427 g/mol. The first kappa shape index (κ1) is 24.4. The molecule has 1 aromatic heterocycles. The average molecular weight is 451 g/mol. The van der Waals surface area contributed by atoms with E-state index in [1.165, 1.54) is 30.6 Å². The zero-order valence-electron chi connectivity index (χ0n) is 17.5. The number of alkyl halides is 2. The van der Waals surface area contributed by atoms with Crippen LogP contribution >= 0.6 is 0 Å². The lowest BCUT2D eigenvalue weighted by molar-refractivity contribution is -0.120. The van der Waals surface area contributed by atoms with Gasteiger partial charge in [-0.25, -0.2) is 9.37 Å². The van der Waals surface area contributed by atoms with Crippen molar-refractivity contribution in [1.29, 1.82) is 0 Å². The number of rotatable bonds is 11. The van der Waals surface area contributed by atoms with Crippen LogP contribution in [0.3, 0.4) is 0 Å². The van der Waals surface area contributed by atoms with Crippen molar-refractivity contribution in [3.63, 3.8) is 0 Å². The molecule has 9 nitrogen and oxygen atoms in total. The summed E-state index contributed by atoms with van der Waals surface area (Å²) in [6.45, 7) is 0.728. The number of nitrogens with one attached hydrogen (secondary N) is 3. The maximum Gasteiger partial charge on any atom is 0.387 e. The van der Waals surface area contributed by atoms with Crippen molar-refractivity contribution in [2.75, 3.05) is 17.2 Å². The molecular formula is C20H24F3N7O2. The summed E-state index contributed by atoms with van der Waals surface area (Å²) in [6.07, 6.45) is 3.47. The third kappa shape index (κ3) is 8.50. The molecule has 0 atom stereocenters. The van der Waals surface area contributed by atoms with E-state index in [0.29, 0.717) is 5.56 Å². The van der Waals surface area contributed by atoms with Crippen LogP contribution in [0.25, 0.3) is 0 Å². The van der Waals surface area contributed by atoms with E-state index in [1.54, 1.807) is 6.07 Å². The van der Waals surface area contributed by atoms with E-state index in [9.17, 15) is 18.0 Å². The fourth-order valence-corrected chi connectivity index (χ4v) is 2.41. The first-order valence-corrected chi connectivity index (χ1v) is 9.55. The monoisotopic (exact) mass is 451 g/mol. The molecule has 0 aliphatic heterocycles. The number of amides is 1. The number of allylic oxidation sites excluding steroid dienone is 1. The minimum atomic E-state index is -2.94. The quantitative estimate of drug-likeness (QED) is 0.387. The minimum Gasteiger partial charge on any atom is -0.435 e. The maximum absolute atomic E-state index is 14.1. The second kappa shape index (κ2) is 12.1. The number of carbonyl (C=O) groups is 1. The molecule has 1 amide bonds. The lowest BCUT2D eigenvalue weighted by atomic mass is 10.2. The van der Waals surface area contributed by atoms with Crippen molar-refractivity contribution < 1.29 is 22.7 Å². The molecule has 0 unspecified atom stereocenters. The van der Waals surface area contributed by atoms with Gasteiger partial charge in [-0.05, 0) is 31.5 Å². The van der Waals surface area contributed by atoms with Gasteiger partial charge in [0.15, 0.2) is 11.6 Å². The van der Waals surface area contributed by atoms with Gasteiger partial charge < -0.3 is 26.4 Å². The summed E-state index contributed by atoms with van der Waals surface area (Å²) >= 11 is 0. The molecule has 0 spiro atoms. The van der Waals surface area contributed by atoms with Crippen molar-refractivity contribution in [2.24, 2.45) is 10.7 Å². The number of benzene rings is 1. The zero-order chi connectivity index (χ0) is 23.5. The van der Waals surface area contributed by atoms with Gasteiger partial charge in [0, 0.05) is 25.0 Å². The van der Waals surface area contributed by atoms with Crippen molar-refractivity contribution in [3.8, 4) is 5.75 Å². The third-order valence-corrected chi connectivity index (χ3v) is 3.68. The highest BCUT2D eigenvalue weighted by Crippen LogP contribution is 2.18. The Kier molecular flexibility index (Phi) is 9.26. The minimum absolute atomic E-state index is 0.00168. The predicted molar refractivity (Wildman–Crippen MR) is 115 cm³/mol. The molecule has 0 fully saturated rings. The molecule has 0 bridgehead atoms. The van der Waals surface area contributed by atoms with E-state index in [2.05, 4.69) is 35.6 Å². The predicted octanol–water partition coefficient (Wildman–Crippen LogP) is 2.64. The van der Waals surface area contributed by atoms with Crippen molar-refractivity contribution in [1.82, 2.24) is 15.3 Å². The van der Waals surface area contributed by atoms with Crippen LogP contribution in [0.5, 0.6) is 5.75 Å². The Hall–Kier alpha value is -3.83. The van der Waals surface area contributed by atoms with Gasteiger partial charge in [0.05, 0.1) is 11.9 Å². The van der Waals surface area contributed by atoms with Gasteiger partial charge in [0.2, 0.25) is 11.9 Å². The standard InChI is InChI=1S/C20H24F3N7O2/c1-12(2)28-17(31)11-25-9-14(7-24)29-20-27-10-16(21)18(30-20)26-8-13-4-3-5-15(6-13)32-19(22)23/h3-7,9-10,12,19H,8,11,24H2,1-2H3,(H,28,31)(H2,26,27,29,30). The number of hydrogen-bond donors (Lipinski definition) is 4. The first-order valence-electron chi connectivity index (χ1n) is 9.55. The van der Waals surface area contributed by atoms with Gasteiger partial charge in [-0.3, -0.25) is 9.79 Å². The van der Waals surface area contributed by atoms with E-state index in [-0.39, 0.29) is 48.3 Å². The van der Waals surface area contributed by atoms with E-state index >= 15 is 0 Å². The highest BCUT2D eigenvalue weighted by molar-refractivity contribution is 5.85. The molecule has 5 N–H and O–H groups in total. The number of carbonyl (C=O) groups excluding carboxylic acids is 1. The molecule has 1 heterocycles. The Morgan fingerprint density at radius 1 is 1.34 bits per heavy atom. The van der Waals surface area contributed by atoms with Crippen LogP contribution in [0.1, 0.15) is 19.4 Å². The lowest BCUT2D eigenvalue weighted by Crippen LogP contribution is -2.31. The molecule has 172 valence electrons. The zero-order valence-corrected chi connectivity index (χ0v) is 17.5. The molecule has 12 heteroatoms. The first-order chi connectivity index (χ1) is 15.3. The number of aliphatic imine (C=N–C) groups is 1. The van der Waals surface area contributed by atoms with Crippen LogP contribution in [0.15, 0.2) is 47.4 Å². The summed E-state index contributed by atoms with van der Waals surface area (Å²) in [4.78, 5) is 23.5. The van der Waals surface area contributed by atoms with Gasteiger partial charge in [-0.1, -0.05) is 12.1 Å². The molecule has 1 aromatic carbocycles. The molecule has 2 rings (SSSR count). The smallest absolute Gasteiger partial charge is 0.387 e. The SMILES string of the molecule is CC(C)NC(=O)CN=CC(=CN)Nc1ncc(F)c(NCc2cccc(OC(F)F)c2)n1. The molecule has 2 aromatic rings. The van der Waals surface area contributed by atoms with E-state index in [0.717, 1.165) is 6.20 Å². The summed E-state index contributed by atoms with van der Waals surface area (Å²) in [5.41, 5.74) is 6.41. The summed E-state index contributed by atoms with van der Waals surface area (Å²) < 4.78 is 43.1. The van der Waals surface area contributed by atoms with Crippen molar-refractivity contribution in [2.45, 2.75) is 33.0 Å². The Morgan fingerprint density at radius 3 is 2.81 bits per heavy atom. The van der Waals surface area contributed by atoms with Gasteiger partial charge in [0.1, 0.15) is 12.3 Å². The number of ether oxygens (including phenoxy) is 1. The van der Waals surface area contributed by atoms with Gasteiger partial charge in [-0.15, -0.1) is 0 Å². The van der Waals surface area contributed by atoms with Crippen LogP contribution in [-0.2, 0) is 11.3 Å². The normalized spacial score (nSPS) is 11.8. The Balaban J connectivity index is 2.00.